The van der Waals surface area contributed by atoms with Crippen molar-refractivity contribution >= 4 is 11.6 Å². The molecule has 0 radical (unpaired) electrons. The normalized spacial score (nSPS) is 15.3. The van der Waals surface area contributed by atoms with Crippen molar-refractivity contribution in [2.24, 2.45) is 0 Å². The maximum absolute atomic E-state index is 12.2. The molecule has 0 amide bonds. The van der Waals surface area contributed by atoms with Gasteiger partial charge in [-0.25, -0.2) is 0 Å². The van der Waals surface area contributed by atoms with Gasteiger partial charge >= 0.3 is 0 Å². The third-order valence-electron chi connectivity index (χ3n) is 5.91. The number of nitrogens with zero attached hydrogens (tertiary/aromatic N) is 1. The first kappa shape index (κ1) is 20.9. The number of rotatable bonds is 6. The van der Waals surface area contributed by atoms with E-state index in [1.165, 1.54) is 19.4 Å². The summed E-state index contributed by atoms with van der Waals surface area (Å²) < 4.78 is 5.42. The van der Waals surface area contributed by atoms with Gasteiger partial charge in [0.2, 0.25) is 0 Å². The van der Waals surface area contributed by atoms with Crippen LogP contribution in [-0.2, 0) is 12.8 Å². The first-order valence-electron chi connectivity index (χ1n) is 10.5. The van der Waals surface area contributed by atoms with E-state index in [2.05, 4.69) is 34.6 Å². The van der Waals surface area contributed by atoms with E-state index in [-0.39, 0.29) is 17.6 Å². The van der Waals surface area contributed by atoms with Crippen molar-refractivity contribution in [2.75, 3.05) is 13.7 Å². The highest BCUT2D eigenvalue weighted by Crippen LogP contribution is 2.32. The Labute approximate surface area is 182 Å². The third-order valence-corrected chi connectivity index (χ3v) is 5.91. The van der Waals surface area contributed by atoms with E-state index in [0.29, 0.717) is 11.1 Å². The van der Waals surface area contributed by atoms with E-state index in [1.54, 1.807) is 19.5 Å². The summed E-state index contributed by atoms with van der Waals surface area (Å²) in [5, 5.41) is 3.58. The lowest BCUT2D eigenvalue weighted by Gasteiger charge is -2.28. The van der Waals surface area contributed by atoms with E-state index in [4.69, 9.17) is 4.74 Å². The number of hydrogen-bond acceptors (Lipinski definition) is 5. The lowest BCUT2D eigenvalue weighted by Crippen LogP contribution is -2.32. The highest BCUT2D eigenvalue weighted by atomic mass is 16.5. The number of methoxy groups -OCH3 is 1. The van der Waals surface area contributed by atoms with Crippen molar-refractivity contribution in [2.45, 2.75) is 32.7 Å². The molecule has 0 saturated carbocycles. The minimum atomic E-state index is -0.0759. The minimum Gasteiger partial charge on any atom is -0.494 e. The van der Waals surface area contributed by atoms with Crippen LogP contribution in [-0.4, -0.2) is 30.2 Å². The zero-order valence-electron chi connectivity index (χ0n) is 18.1. The number of ketones is 2. The number of pyridine rings is 1. The van der Waals surface area contributed by atoms with Crippen molar-refractivity contribution in [3.8, 4) is 16.9 Å². The van der Waals surface area contributed by atoms with E-state index in [1.807, 2.05) is 18.2 Å². The molecular weight excluding hydrogens is 388 g/mol. The number of Topliss-reactive ketones (excluding diaryl/α,β-unsaturated/α-hetero) is 2. The zero-order chi connectivity index (χ0) is 22.0. The van der Waals surface area contributed by atoms with Crippen molar-refractivity contribution in [1.82, 2.24) is 10.3 Å². The standard InChI is InChI=1S/C26H26N2O3/c1-16(29)22-13-20-8-11-28-25(24(20)14-23(22)17(2)30)12-18-4-6-19(7-5-18)21-9-10-27-15-26(21)31-3/h4-7,9-10,13-15,25,28H,8,11-12H2,1-3H3. The molecule has 5 heteroatoms. The summed E-state index contributed by atoms with van der Waals surface area (Å²) in [4.78, 5) is 28.3. The van der Waals surface area contributed by atoms with Crippen LogP contribution in [0.4, 0.5) is 0 Å². The average Bonchev–Trinajstić information content (AvgIpc) is 2.79. The quantitative estimate of drug-likeness (QED) is 0.598. The van der Waals surface area contributed by atoms with Gasteiger partial charge in [0.1, 0.15) is 5.75 Å². The van der Waals surface area contributed by atoms with Gasteiger partial charge in [0.05, 0.1) is 13.3 Å². The Balaban J connectivity index is 1.62. The van der Waals surface area contributed by atoms with Crippen LogP contribution in [0.5, 0.6) is 5.75 Å². The van der Waals surface area contributed by atoms with Crippen LogP contribution in [0.25, 0.3) is 11.1 Å². The van der Waals surface area contributed by atoms with E-state index in [9.17, 15) is 9.59 Å². The molecule has 1 N–H and O–H groups in total. The van der Waals surface area contributed by atoms with Gasteiger partial charge in [-0.1, -0.05) is 24.3 Å². The molecule has 0 spiro atoms. The van der Waals surface area contributed by atoms with Gasteiger partial charge in [-0.15, -0.1) is 0 Å². The Morgan fingerprint density at radius 2 is 1.77 bits per heavy atom. The van der Waals surface area contributed by atoms with E-state index < -0.39 is 0 Å². The molecule has 0 aliphatic carbocycles. The SMILES string of the molecule is COc1cnccc1-c1ccc(CC2NCCc3cc(C(C)=O)c(C(C)=O)cc32)cc1. The highest BCUT2D eigenvalue weighted by Gasteiger charge is 2.24. The maximum atomic E-state index is 12.2. The Bertz CT molecular complexity index is 1140. The summed E-state index contributed by atoms with van der Waals surface area (Å²) in [6.45, 7) is 3.89. The number of carbonyl (C=O) groups excluding carboxylic acids is 2. The van der Waals surface area contributed by atoms with Gasteiger partial charge in [-0.2, -0.15) is 0 Å². The first-order valence-corrected chi connectivity index (χ1v) is 10.5. The number of nitrogens with one attached hydrogen (secondary N) is 1. The van der Waals surface area contributed by atoms with Crippen molar-refractivity contribution in [3.05, 3.63) is 82.7 Å². The number of aromatic nitrogens is 1. The van der Waals surface area contributed by atoms with Gasteiger partial charge in [-0.05, 0) is 73.7 Å². The molecule has 0 saturated heterocycles. The van der Waals surface area contributed by atoms with Gasteiger partial charge in [0.25, 0.3) is 0 Å². The molecule has 5 nitrogen and oxygen atoms in total. The largest absolute Gasteiger partial charge is 0.494 e. The Morgan fingerprint density at radius 1 is 1.06 bits per heavy atom. The van der Waals surface area contributed by atoms with Gasteiger partial charge in [0.15, 0.2) is 11.6 Å². The van der Waals surface area contributed by atoms with Gasteiger partial charge in [0, 0.05) is 28.9 Å². The molecule has 3 aromatic rings. The molecule has 31 heavy (non-hydrogen) atoms. The van der Waals surface area contributed by atoms with E-state index >= 15 is 0 Å². The minimum absolute atomic E-state index is 0.0646. The lowest BCUT2D eigenvalue weighted by molar-refractivity contribution is 0.0980. The Hall–Kier alpha value is -3.31. The fourth-order valence-corrected chi connectivity index (χ4v) is 4.30. The number of benzene rings is 2. The molecule has 1 atom stereocenters. The topological polar surface area (TPSA) is 68.3 Å². The van der Waals surface area contributed by atoms with Crippen LogP contribution in [0.15, 0.2) is 54.9 Å². The second-order valence-corrected chi connectivity index (χ2v) is 7.94. The number of ether oxygens (including phenoxy) is 1. The van der Waals surface area contributed by atoms with Crippen LogP contribution in [0.1, 0.15) is 57.3 Å². The van der Waals surface area contributed by atoms with Gasteiger partial charge in [-0.3, -0.25) is 14.6 Å². The first-order chi connectivity index (χ1) is 15.0. The van der Waals surface area contributed by atoms with E-state index in [0.717, 1.165) is 47.4 Å². The highest BCUT2D eigenvalue weighted by molar-refractivity contribution is 6.07. The lowest BCUT2D eigenvalue weighted by atomic mass is 9.85. The molecule has 4 rings (SSSR count). The zero-order valence-corrected chi connectivity index (χ0v) is 18.1. The molecule has 158 valence electrons. The monoisotopic (exact) mass is 414 g/mol. The van der Waals surface area contributed by atoms with Crippen molar-refractivity contribution in [1.29, 1.82) is 0 Å². The summed E-state index contributed by atoms with van der Waals surface area (Å²) in [6, 6.07) is 14.3. The molecule has 1 aliphatic rings. The summed E-state index contributed by atoms with van der Waals surface area (Å²) in [6.07, 6.45) is 5.13. The van der Waals surface area contributed by atoms with Crippen LogP contribution >= 0.6 is 0 Å². The fourth-order valence-electron chi connectivity index (χ4n) is 4.30. The molecule has 1 aromatic heterocycles. The smallest absolute Gasteiger partial charge is 0.160 e. The summed E-state index contributed by atoms with van der Waals surface area (Å²) in [5.74, 6) is 0.606. The van der Waals surface area contributed by atoms with Crippen molar-refractivity contribution < 1.29 is 14.3 Å². The molecule has 2 aromatic carbocycles. The molecule has 0 bridgehead atoms. The number of carbonyl (C=O) groups is 2. The third kappa shape index (κ3) is 4.28. The molecule has 1 aliphatic heterocycles. The van der Waals surface area contributed by atoms with Crippen molar-refractivity contribution in [3.63, 3.8) is 0 Å². The number of hydrogen-bond donors (Lipinski definition) is 1. The predicted octanol–water partition coefficient (Wildman–Crippen LogP) is 4.59. The maximum Gasteiger partial charge on any atom is 0.160 e. The summed E-state index contributed by atoms with van der Waals surface area (Å²) in [5.41, 5.74) is 6.58. The van der Waals surface area contributed by atoms with Crippen LogP contribution < -0.4 is 10.1 Å². The molecule has 2 heterocycles. The Morgan fingerprint density at radius 3 is 2.45 bits per heavy atom. The van der Waals surface area contributed by atoms with Crippen LogP contribution in [0.3, 0.4) is 0 Å². The average molecular weight is 415 g/mol. The fraction of sp³-hybridized carbons (Fsp3) is 0.269. The Kier molecular flexibility index (Phi) is 5.96. The van der Waals surface area contributed by atoms with Crippen LogP contribution in [0.2, 0.25) is 0 Å². The van der Waals surface area contributed by atoms with Crippen LogP contribution in [0, 0.1) is 0 Å². The summed E-state index contributed by atoms with van der Waals surface area (Å²) >= 11 is 0. The molecule has 1 unspecified atom stereocenters. The summed E-state index contributed by atoms with van der Waals surface area (Å²) in [7, 11) is 1.65. The second kappa shape index (κ2) is 8.82. The predicted molar refractivity (Wildman–Crippen MR) is 121 cm³/mol. The van der Waals surface area contributed by atoms with Gasteiger partial charge < -0.3 is 10.1 Å². The number of fused-ring (bicyclic) bond motifs is 1. The molecular formula is C26H26N2O3. The molecule has 0 fully saturated rings. The second-order valence-electron chi connectivity index (χ2n) is 7.94.